The molecule has 10 heteroatoms. The van der Waals surface area contributed by atoms with Crippen LogP contribution in [0.2, 0.25) is 0 Å². The number of carbonyl (C=O) groups excluding carboxylic acids is 3. The Morgan fingerprint density at radius 1 is 1.13 bits per heavy atom. The van der Waals surface area contributed by atoms with Crippen molar-refractivity contribution in [1.29, 1.82) is 0 Å². The molecular formula is C21H24N4O6. The first-order valence-corrected chi connectivity index (χ1v) is 10.3. The molecule has 2 aliphatic heterocycles. The van der Waals surface area contributed by atoms with Crippen LogP contribution in [0.4, 0.5) is 0 Å². The van der Waals surface area contributed by atoms with Crippen LogP contribution in [-0.4, -0.2) is 55.9 Å². The van der Waals surface area contributed by atoms with Crippen molar-refractivity contribution in [3.8, 4) is 0 Å². The molecule has 1 unspecified atom stereocenters. The first kappa shape index (κ1) is 20.8. The number of hydrogen-bond acceptors (Lipinski definition) is 5. The standard InChI is InChI=1S/C21H24N4O6/c1-23-18-13(20(30)24-9-7-12(8-10-24)11-17(27)28)3-2-4-14(18)25(21(23)31)15-5-6-16(26)22-19(15)29/h2-4,12,15H,5-11H2,1H3,(H,27,28)(H,22,26,29). The molecule has 3 amide bonds. The number of aryl methyl sites for hydroxylation is 1. The number of carboxylic acids is 1. The molecule has 31 heavy (non-hydrogen) atoms. The number of nitrogens with one attached hydrogen (secondary N) is 1. The minimum Gasteiger partial charge on any atom is -0.481 e. The van der Waals surface area contributed by atoms with Gasteiger partial charge in [0, 0.05) is 33.0 Å². The number of piperidine rings is 2. The number of aromatic nitrogens is 2. The minimum absolute atomic E-state index is 0.0512. The van der Waals surface area contributed by atoms with Gasteiger partial charge in [0.15, 0.2) is 0 Å². The lowest BCUT2D eigenvalue weighted by Gasteiger charge is -2.31. The summed E-state index contributed by atoms with van der Waals surface area (Å²) >= 11 is 0. The summed E-state index contributed by atoms with van der Waals surface area (Å²) in [6, 6.07) is 4.21. The second-order valence-electron chi connectivity index (χ2n) is 8.19. The molecule has 2 aliphatic rings. The number of fused-ring (bicyclic) bond motifs is 1. The Morgan fingerprint density at radius 2 is 1.84 bits per heavy atom. The van der Waals surface area contributed by atoms with Crippen LogP contribution in [0.25, 0.3) is 11.0 Å². The molecule has 1 atom stereocenters. The number of imide groups is 1. The fourth-order valence-electron chi connectivity index (χ4n) is 4.60. The number of imidazole rings is 1. The Kier molecular flexibility index (Phi) is 5.38. The lowest BCUT2D eigenvalue weighted by Crippen LogP contribution is -2.44. The van der Waals surface area contributed by atoms with E-state index in [9.17, 15) is 24.0 Å². The number of amides is 3. The third-order valence-corrected chi connectivity index (χ3v) is 6.22. The Hall–Kier alpha value is -3.43. The molecule has 3 heterocycles. The summed E-state index contributed by atoms with van der Waals surface area (Å²) in [5.41, 5.74) is 0.841. The lowest BCUT2D eigenvalue weighted by atomic mass is 9.93. The van der Waals surface area contributed by atoms with Crippen molar-refractivity contribution in [2.45, 2.75) is 38.1 Å². The van der Waals surface area contributed by atoms with Crippen molar-refractivity contribution in [3.05, 3.63) is 34.2 Å². The molecule has 0 radical (unpaired) electrons. The molecule has 164 valence electrons. The second kappa shape index (κ2) is 8.01. The molecule has 4 rings (SSSR count). The molecule has 10 nitrogen and oxygen atoms in total. The molecule has 2 fully saturated rings. The zero-order chi connectivity index (χ0) is 22.3. The van der Waals surface area contributed by atoms with Gasteiger partial charge in [-0.3, -0.25) is 33.6 Å². The molecule has 0 aliphatic carbocycles. The van der Waals surface area contributed by atoms with Crippen LogP contribution in [0.5, 0.6) is 0 Å². The normalized spacial score (nSPS) is 20.2. The van der Waals surface area contributed by atoms with Gasteiger partial charge in [-0.25, -0.2) is 4.79 Å². The van der Waals surface area contributed by atoms with E-state index in [1.807, 2.05) is 0 Å². The van der Waals surface area contributed by atoms with Crippen molar-refractivity contribution in [3.63, 3.8) is 0 Å². The number of carboxylic acid groups (broad SMARTS) is 1. The predicted molar refractivity (Wildman–Crippen MR) is 109 cm³/mol. The van der Waals surface area contributed by atoms with Crippen molar-refractivity contribution >= 4 is 34.7 Å². The fourth-order valence-corrected chi connectivity index (χ4v) is 4.60. The van der Waals surface area contributed by atoms with Crippen molar-refractivity contribution < 1.29 is 24.3 Å². The van der Waals surface area contributed by atoms with Gasteiger partial charge < -0.3 is 10.0 Å². The molecule has 1 aromatic heterocycles. The second-order valence-corrected chi connectivity index (χ2v) is 8.19. The third-order valence-electron chi connectivity index (χ3n) is 6.22. The first-order chi connectivity index (χ1) is 14.8. The largest absolute Gasteiger partial charge is 0.481 e. The van der Waals surface area contributed by atoms with E-state index >= 15 is 0 Å². The maximum Gasteiger partial charge on any atom is 0.329 e. The molecule has 1 aromatic carbocycles. The number of nitrogens with zero attached hydrogens (tertiary/aromatic N) is 3. The van der Waals surface area contributed by atoms with E-state index in [0.717, 1.165) is 0 Å². The zero-order valence-electron chi connectivity index (χ0n) is 17.2. The van der Waals surface area contributed by atoms with Crippen molar-refractivity contribution in [2.75, 3.05) is 13.1 Å². The summed E-state index contributed by atoms with van der Waals surface area (Å²) in [6.07, 6.45) is 1.69. The Bertz CT molecular complexity index is 1140. The van der Waals surface area contributed by atoms with Gasteiger partial charge in [0.05, 0.1) is 16.6 Å². The smallest absolute Gasteiger partial charge is 0.329 e. The van der Waals surface area contributed by atoms with Gasteiger partial charge in [-0.2, -0.15) is 0 Å². The topological polar surface area (TPSA) is 131 Å². The molecule has 2 N–H and O–H groups in total. The maximum absolute atomic E-state index is 13.3. The van der Waals surface area contributed by atoms with Gasteiger partial charge in [0.25, 0.3) is 5.91 Å². The average molecular weight is 428 g/mol. The fraction of sp³-hybridized carbons (Fsp3) is 0.476. The highest BCUT2D eigenvalue weighted by Gasteiger charge is 2.33. The van der Waals surface area contributed by atoms with Crippen molar-refractivity contribution in [1.82, 2.24) is 19.4 Å². The summed E-state index contributed by atoms with van der Waals surface area (Å²) in [6.45, 7) is 0.907. The molecule has 2 saturated heterocycles. The van der Waals surface area contributed by atoms with Crippen LogP contribution < -0.4 is 11.0 Å². The molecular weight excluding hydrogens is 404 g/mol. The van der Waals surface area contributed by atoms with E-state index in [1.54, 1.807) is 30.1 Å². The van der Waals surface area contributed by atoms with Gasteiger partial charge in [-0.1, -0.05) is 6.07 Å². The number of hydrogen-bond donors (Lipinski definition) is 2. The average Bonchev–Trinajstić information content (AvgIpc) is 2.98. The Morgan fingerprint density at radius 3 is 2.48 bits per heavy atom. The summed E-state index contributed by atoms with van der Waals surface area (Å²) in [7, 11) is 1.56. The predicted octanol–water partition coefficient (Wildman–Crippen LogP) is 0.645. The lowest BCUT2D eigenvalue weighted by molar-refractivity contribution is -0.138. The highest BCUT2D eigenvalue weighted by Crippen LogP contribution is 2.27. The summed E-state index contributed by atoms with van der Waals surface area (Å²) in [5.74, 6) is -1.90. The van der Waals surface area contributed by atoms with E-state index in [1.165, 1.54) is 9.13 Å². The quantitative estimate of drug-likeness (QED) is 0.688. The van der Waals surface area contributed by atoms with Crippen LogP contribution in [0, 0.1) is 5.92 Å². The van der Waals surface area contributed by atoms with E-state index < -0.39 is 23.6 Å². The van der Waals surface area contributed by atoms with Crippen molar-refractivity contribution in [2.24, 2.45) is 13.0 Å². The zero-order valence-corrected chi connectivity index (χ0v) is 17.2. The van der Waals surface area contributed by atoms with E-state index in [-0.39, 0.29) is 37.0 Å². The van der Waals surface area contributed by atoms with Gasteiger partial charge in [-0.15, -0.1) is 0 Å². The molecule has 0 saturated carbocycles. The van der Waals surface area contributed by atoms with E-state index in [0.29, 0.717) is 42.5 Å². The van der Waals surface area contributed by atoms with Crippen LogP contribution in [-0.2, 0) is 21.4 Å². The van der Waals surface area contributed by atoms with Gasteiger partial charge >= 0.3 is 11.7 Å². The Labute approximate surface area is 177 Å². The van der Waals surface area contributed by atoms with Crippen LogP contribution in [0.1, 0.15) is 48.5 Å². The third kappa shape index (κ3) is 3.73. The highest BCUT2D eigenvalue weighted by molar-refractivity contribution is 6.06. The number of benzene rings is 1. The monoisotopic (exact) mass is 428 g/mol. The van der Waals surface area contributed by atoms with E-state index in [2.05, 4.69) is 5.32 Å². The number of rotatable bonds is 4. The Balaban J connectivity index is 1.67. The van der Waals surface area contributed by atoms with Crippen LogP contribution in [0.3, 0.4) is 0 Å². The van der Waals surface area contributed by atoms with Gasteiger partial charge in [0.1, 0.15) is 6.04 Å². The first-order valence-electron chi connectivity index (χ1n) is 10.3. The minimum atomic E-state index is -0.834. The number of para-hydroxylation sites is 1. The SMILES string of the molecule is Cn1c(=O)n(C2CCC(=O)NC2=O)c2cccc(C(=O)N3CCC(CC(=O)O)CC3)c21. The molecule has 0 spiro atoms. The number of aliphatic carboxylic acids is 1. The van der Waals surface area contributed by atoms with Crippen LogP contribution >= 0.6 is 0 Å². The van der Waals surface area contributed by atoms with Crippen LogP contribution in [0.15, 0.2) is 23.0 Å². The van der Waals surface area contributed by atoms with E-state index in [4.69, 9.17) is 5.11 Å². The number of likely N-dealkylation sites (tertiary alicyclic amines) is 1. The summed E-state index contributed by atoms with van der Waals surface area (Å²) in [5, 5.41) is 11.2. The molecule has 2 aromatic rings. The maximum atomic E-state index is 13.3. The summed E-state index contributed by atoms with van der Waals surface area (Å²) in [4.78, 5) is 62.7. The van der Waals surface area contributed by atoms with Gasteiger partial charge in [0.2, 0.25) is 11.8 Å². The molecule has 0 bridgehead atoms. The van der Waals surface area contributed by atoms with Gasteiger partial charge in [-0.05, 0) is 37.3 Å². The highest BCUT2D eigenvalue weighted by atomic mass is 16.4. The summed E-state index contributed by atoms with van der Waals surface area (Å²) < 4.78 is 2.72. The number of carbonyl (C=O) groups is 4.